The van der Waals surface area contributed by atoms with Gasteiger partial charge >= 0.3 is 0 Å². The van der Waals surface area contributed by atoms with Crippen LogP contribution in [-0.2, 0) is 32.8 Å². The van der Waals surface area contributed by atoms with Crippen molar-refractivity contribution in [3.8, 4) is 23.0 Å². The summed E-state index contributed by atoms with van der Waals surface area (Å²) in [7, 11) is 3.04. The molecule has 0 aliphatic carbocycles. The van der Waals surface area contributed by atoms with Crippen LogP contribution < -0.4 is 30.2 Å². The maximum absolute atomic E-state index is 13.1. The largest absolute Gasteiger partial charge is 0.496 e. The minimum Gasteiger partial charge on any atom is -0.496 e. The molecule has 0 fully saturated rings. The fourth-order valence-corrected chi connectivity index (χ4v) is 4.72. The van der Waals surface area contributed by atoms with E-state index in [1.807, 2.05) is 18.2 Å². The third-order valence-corrected chi connectivity index (χ3v) is 6.73. The Morgan fingerprint density at radius 2 is 1.50 bits per heavy atom. The molecular formula is C26H31N3O7. The summed E-state index contributed by atoms with van der Waals surface area (Å²) in [5.41, 5.74) is 2.37. The molecule has 2 atom stereocenters. The highest BCUT2D eigenvalue weighted by Gasteiger charge is 2.39. The Kier molecular flexibility index (Phi) is 6.81. The maximum Gasteiger partial charge on any atom is 0.245 e. The number of hydrogen-bond donors (Lipinski definition) is 4. The number of carbonyl (C=O) groups is 3. The fraction of sp³-hybridized carbons (Fsp3) is 0.423. The molecule has 4 rings (SSSR count). The summed E-state index contributed by atoms with van der Waals surface area (Å²) in [4.78, 5) is 38.3. The molecule has 192 valence electrons. The Hall–Kier alpha value is -3.79. The molecule has 0 spiro atoms. The summed E-state index contributed by atoms with van der Waals surface area (Å²) < 4.78 is 17.6. The van der Waals surface area contributed by atoms with Crippen LogP contribution in [0.15, 0.2) is 24.3 Å². The highest BCUT2D eigenvalue weighted by Crippen LogP contribution is 2.53. The van der Waals surface area contributed by atoms with Gasteiger partial charge in [-0.1, -0.05) is 26.0 Å². The molecule has 36 heavy (non-hydrogen) atoms. The van der Waals surface area contributed by atoms with E-state index < -0.39 is 35.3 Å². The van der Waals surface area contributed by atoms with E-state index in [-0.39, 0.29) is 19.5 Å². The van der Waals surface area contributed by atoms with Crippen LogP contribution in [0.25, 0.3) is 0 Å². The molecule has 2 bridgehead atoms. The average molecular weight is 498 g/mol. The van der Waals surface area contributed by atoms with E-state index in [4.69, 9.17) is 14.2 Å². The van der Waals surface area contributed by atoms with E-state index in [2.05, 4.69) is 29.8 Å². The fourth-order valence-electron chi connectivity index (χ4n) is 4.72. The molecule has 2 aromatic carbocycles. The number of benzene rings is 2. The van der Waals surface area contributed by atoms with Crippen LogP contribution in [0.4, 0.5) is 0 Å². The molecule has 0 saturated carbocycles. The van der Waals surface area contributed by atoms with Gasteiger partial charge in [0.2, 0.25) is 17.7 Å². The summed E-state index contributed by atoms with van der Waals surface area (Å²) in [5, 5.41) is 18.0. The van der Waals surface area contributed by atoms with E-state index in [9.17, 15) is 19.5 Å². The third-order valence-electron chi connectivity index (χ3n) is 6.73. The zero-order valence-corrected chi connectivity index (χ0v) is 21.0. The number of nitrogens with one attached hydrogen (secondary N) is 3. The van der Waals surface area contributed by atoms with E-state index in [0.29, 0.717) is 34.1 Å². The van der Waals surface area contributed by atoms with Gasteiger partial charge in [0.25, 0.3) is 0 Å². The highest BCUT2D eigenvalue weighted by atomic mass is 16.5. The molecule has 2 aromatic rings. The Labute approximate surface area is 209 Å². The topological polar surface area (TPSA) is 135 Å². The van der Waals surface area contributed by atoms with E-state index in [0.717, 1.165) is 11.1 Å². The predicted octanol–water partition coefficient (Wildman–Crippen LogP) is 1.29. The smallest absolute Gasteiger partial charge is 0.245 e. The van der Waals surface area contributed by atoms with E-state index in [1.54, 1.807) is 6.07 Å². The number of methoxy groups -OCH3 is 2. The lowest BCUT2D eigenvalue weighted by Gasteiger charge is -2.37. The number of carbonyl (C=O) groups excluding carboxylic acids is 3. The van der Waals surface area contributed by atoms with Crippen molar-refractivity contribution in [2.45, 2.75) is 51.3 Å². The molecule has 10 nitrogen and oxygen atoms in total. The van der Waals surface area contributed by atoms with Crippen LogP contribution in [0, 0.1) is 0 Å². The second kappa shape index (κ2) is 9.69. The van der Waals surface area contributed by atoms with Gasteiger partial charge in [0.05, 0.1) is 45.4 Å². The SMILES string of the molecule is COc1ccc2c3c1CNC(=O)CNC(=O)C(C(C)O)NC(=O)Cc1c(OC)ccc(c1O3)C2(C)C. The summed E-state index contributed by atoms with van der Waals surface area (Å²) >= 11 is 0. The molecule has 3 amide bonds. The molecule has 10 heteroatoms. The first-order valence-corrected chi connectivity index (χ1v) is 11.7. The van der Waals surface area contributed by atoms with Crippen molar-refractivity contribution in [1.82, 2.24) is 16.0 Å². The molecular weight excluding hydrogens is 466 g/mol. The number of ether oxygens (including phenoxy) is 3. The molecule has 2 aliphatic heterocycles. The molecule has 0 radical (unpaired) electrons. The molecule has 4 N–H and O–H groups in total. The van der Waals surface area contributed by atoms with Crippen molar-refractivity contribution >= 4 is 17.7 Å². The lowest BCUT2D eigenvalue weighted by atomic mass is 9.74. The monoisotopic (exact) mass is 497 g/mol. The summed E-state index contributed by atoms with van der Waals surface area (Å²) in [5.74, 6) is 0.331. The van der Waals surface area contributed by atoms with Crippen molar-refractivity contribution in [2.24, 2.45) is 0 Å². The first-order chi connectivity index (χ1) is 17.1. The summed E-state index contributed by atoms with van der Waals surface area (Å²) in [6, 6.07) is 6.21. The van der Waals surface area contributed by atoms with Gasteiger partial charge in [0.1, 0.15) is 29.0 Å². The van der Waals surface area contributed by atoms with Gasteiger partial charge in [0, 0.05) is 22.1 Å². The molecule has 0 aromatic heterocycles. The minimum absolute atomic E-state index is 0.0861. The van der Waals surface area contributed by atoms with Crippen molar-refractivity contribution < 1.29 is 33.7 Å². The van der Waals surface area contributed by atoms with Crippen molar-refractivity contribution in [3.63, 3.8) is 0 Å². The first kappa shape index (κ1) is 25.3. The van der Waals surface area contributed by atoms with Crippen LogP contribution in [0.3, 0.4) is 0 Å². The summed E-state index contributed by atoms with van der Waals surface area (Å²) in [6.07, 6.45) is -1.35. The van der Waals surface area contributed by atoms with Crippen LogP contribution in [0.1, 0.15) is 43.0 Å². The lowest BCUT2D eigenvalue weighted by Crippen LogP contribution is -2.54. The number of hydrogen-bond acceptors (Lipinski definition) is 7. The van der Waals surface area contributed by atoms with Gasteiger partial charge in [-0.3, -0.25) is 14.4 Å². The number of amides is 3. The lowest BCUT2D eigenvalue weighted by molar-refractivity contribution is -0.132. The Morgan fingerprint density at radius 1 is 0.917 bits per heavy atom. The quantitative estimate of drug-likeness (QED) is 0.502. The van der Waals surface area contributed by atoms with Crippen LogP contribution in [0.5, 0.6) is 23.0 Å². The number of aliphatic hydroxyl groups excluding tert-OH is 1. The van der Waals surface area contributed by atoms with Crippen molar-refractivity contribution in [1.29, 1.82) is 0 Å². The van der Waals surface area contributed by atoms with E-state index in [1.165, 1.54) is 21.1 Å². The number of aliphatic hydroxyl groups is 1. The normalized spacial score (nSPS) is 19.9. The zero-order valence-electron chi connectivity index (χ0n) is 21.0. The maximum atomic E-state index is 13.1. The standard InChI is InChI=1S/C26H31N3O7/c1-13(30)22-25(33)28-12-21(32)27-11-15-19(35-5)9-7-17-24(15)36-23-14(10-20(31)29-22)18(34-4)8-6-16(23)26(17,2)3/h6-9,13,22,30H,10-12H2,1-5H3,(H,27,32)(H,28,33)(H,29,31). The molecule has 2 aliphatic rings. The minimum atomic E-state index is -1.25. The van der Waals surface area contributed by atoms with Gasteiger partial charge < -0.3 is 35.3 Å². The third kappa shape index (κ3) is 4.44. The van der Waals surface area contributed by atoms with Crippen LogP contribution >= 0.6 is 0 Å². The number of rotatable bonds is 3. The van der Waals surface area contributed by atoms with Crippen molar-refractivity contribution in [2.75, 3.05) is 20.8 Å². The Bertz CT molecular complexity index is 1220. The zero-order chi connectivity index (χ0) is 26.2. The van der Waals surface area contributed by atoms with Crippen molar-refractivity contribution in [3.05, 3.63) is 46.5 Å². The van der Waals surface area contributed by atoms with Gasteiger partial charge in [0.15, 0.2) is 0 Å². The Morgan fingerprint density at radius 3 is 2.08 bits per heavy atom. The predicted molar refractivity (Wildman–Crippen MR) is 130 cm³/mol. The summed E-state index contributed by atoms with van der Waals surface area (Å²) in [6.45, 7) is 5.25. The first-order valence-electron chi connectivity index (χ1n) is 11.7. The highest BCUT2D eigenvalue weighted by molar-refractivity contribution is 5.92. The second-order valence-electron chi connectivity index (χ2n) is 9.43. The van der Waals surface area contributed by atoms with Gasteiger partial charge in [-0.15, -0.1) is 0 Å². The average Bonchev–Trinajstić information content (AvgIpc) is 2.84. The van der Waals surface area contributed by atoms with Crippen LogP contribution in [-0.4, -0.2) is 55.7 Å². The van der Waals surface area contributed by atoms with Crippen LogP contribution in [0.2, 0.25) is 0 Å². The van der Waals surface area contributed by atoms with Gasteiger partial charge in [-0.2, -0.15) is 0 Å². The second-order valence-corrected chi connectivity index (χ2v) is 9.43. The Balaban J connectivity index is 1.91. The van der Waals surface area contributed by atoms with E-state index >= 15 is 0 Å². The molecule has 2 unspecified atom stereocenters. The van der Waals surface area contributed by atoms with Gasteiger partial charge in [-0.25, -0.2) is 0 Å². The molecule has 2 heterocycles. The van der Waals surface area contributed by atoms with Gasteiger partial charge in [-0.05, 0) is 19.1 Å². The molecule has 0 saturated heterocycles.